The van der Waals surface area contributed by atoms with Crippen molar-refractivity contribution in [3.8, 4) is 11.5 Å². The van der Waals surface area contributed by atoms with Gasteiger partial charge in [-0.05, 0) is 51.8 Å². The van der Waals surface area contributed by atoms with Crippen LogP contribution in [-0.4, -0.2) is 61.8 Å². The molecule has 2 unspecified atom stereocenters. The maximum atomic E-state index is 12.3. The Morgan fingerprint density at radius 3 is 2.37 bits per heavy atom. The average Bonchev–Trinajstić information content (AvgIpc) is 2.62. The van der Waals surface area contributed by atoms with E-state index in [1.54, 1.807) is 4.90 Å². The fraction of sp³-hybridized carbons (Fsp3) is 0.600. The molecule has 1 fully saturated rings. The predicted octanol–water partition coefficient (Wildman–Crippen LogP) is 1.78. The number of carbonyl (C=O) groups excluding carboxylic acids is 2. The number of ether oxygens (including phenoxy) is 3. The minimum Gasteiger partial charge on any atom is -0.490 e. The van der Waals surface area contributed by atoms with Gasteiger partial charge in [0.05, 0.1) is 25.4 Å². The maximum absolute atomic E-state index is 12.3. The highest BCUT2D eigenvalue weighted by Gasteiger charge is 2.29. The summed E-state index contributed by atoms with van der Waals surface area (Å²) in [4.78, 5) is 26.0. The molecular weight excluding hydrogens is 348 g/mol. The molecule has 0 bridgehead atoms. The second-order valence-corrected chi connectivity index (χ2v) is 6.62. The molecule has 1 N–H and O–H groups in total. The number of nitrogens with zero attached hydrogens (tertiary/aromatic N) is 1. The number of amides is 2. The summed E-state index contributed by atoms with van der Waals surface area (Å²) in [5.74, 6) is 0.319. The molecule has 1 saturated heterocycles. The molecule has 7 heteroatoms. The summed E-state index contributed by atoms with van der Waals surface area (Å²) in [7, 11) is 0. The third-order valence-corrected chi connectivity index (χ3v) is 4.21. The molecule has 1 aliphatic rings. The van der Waals surface area contributed by atoms with Crippen molar-refractivity contribution in [3.05, 3.63) is 23.8 Å². The lowest BCUT2D eigenvalue weighted by Gasteiger charge is -2.34. The number of benzene rings is 1. The standard InChI is InChI=1S/C20H30N2O5/c1-5-25-17-8-7-16(11-18(17)26-6-2)9-10-21-19(23)20(24)22-12-14(3)27-15(4)13-22/h7-8,11,14-15H,5-6,9-10,12-13H2,1-4H3,(H,21,23). The fourth-order valence-corrected chi connectivity index (χ4v) is 3.13. The molecular formula is C20H30N2O5. The van der Waals surface area contributed by atoms with E-state index in [-0.39, 0.29) is 12.2 Å². The number of rotatable bonds is 7. The van der Waals surface area contributed by atoms with Crippen molar-refractivity contribution in [3.63, 3.8) is 0 Å². The van der Waals surface area contributed by atoms with Gasteiger partial charge in [-0.1, -0.05) is 6.07 Å². The van der Waals surface area contributed by atoms with E-state index in [1.807, 2.05) is 45.9 Å². The molecule has 2 rings (SSSR count). The Balaban J connectivity index is 1.87. The lowest BCUT2D eigenvalue weighted by atomic mass is 10.1. The highest BCUT2D eigenvalue weighted by molar-refractivity contribution is 6.35. The van der Waals surface area contributed by atoms with Crippen LogP contribution in [0, 0.1) is 0 Å². The predicted molar refractivity (Wildman–Crippen MR) is 102 cm³/mol. The summed E-state index contributed by atoms with van der Waals surface area (Å²) < 4.78 is 16.8. The first-order valence-corrected chi connectivity index (χ1v) is 9.55. The molecule has 1 heterocycles. The van der Waals surface area contributed by atoms with E-state index in [9.17, 15) is 9.59 Å². The van der Waals surface area contributed by atoms with Crippen molar-refractivity contribution in [1.29, 1.82) is 0 Å². The molecule has 150 valence electrons. The van der Waals surface area contributed by atoms with E-state index in [4.69, 9.17) is 14.2 Å². The fourth-order valence-electron chi connectivity index (χ4n) is 3.13. The second-order valence-electron chi connectivity index (χ2n) is 6.62. The van der Waals surface area contributed by atoms with Gasteiger partial charge in [-0.15, -0.1) is 0 Å². The van der Waals surface area contributed by atoms with Crippen LogP contribution in [0.5, 0.6) is 11.5 Å². The normalized spacial score (nSPS) is 19.5. The Labute approximate surface area is 161 Å². The van der Waals surface area contributed by atoms with Crippen LogP contribution < -0.4 is 14.8 Å². The smallest absolute Gasteiger partial charge is 0.312 e. The van der Waals surface area contributed by atoms with Crippen LogP contribution in [0.1, 0.15) is 33.3 Å². The monoisotopic (exact) mass is 378 g/mol. The minimum atomic E-state index is -0.577. The molecule has 1 aromatic carbocycles. The molecule has 1 aliphatic heterocycles. The number of morpholine rings is 1. The SMILES string of the molecule is CCOc1ccc(CCNC(=O)C(=O)N2CC(C)OC(C)C2)cc1OCC. The van der Waals surface area contributed by atoms with Crippen LogP contribution in [-0.2, 0) is 20.7 Å². The van der Waals surface area contributed by atoms with Crippen molar-refractivity contribution < 1.29 is 23.8 Å². The zero-order valence-electron chi connectivity index (χ0n) is 16.6. The summed E-state index contributed by atoms with van der Waals surface area (Å²) in [5.41, 5.74) is 1.00. The van der Waals surface area contributed by atoms with Gasteiger partial charge in [-0.3, -0.25) is 9.59 Å². The van der Waals surface area contributed by atoms with Crippen LogP contribution >= 0.6 is 0 Å². The summed E-state index contributed by atoms with van der Waals surface area (Å²) in [6.07, 6.45) is 0.471. The Bertz CT molecular complexity index is 639. The van der Waals surface area contributed by atoms with Crippen molar-refractivity contribution in [2.24, 2.45) is 0 Å². The Morgan fingerprint density at radius 2 is 1.74 bits per heavy atom. The van der Waals surface area contributed by atoms with Gasteiger partial charge in [-0.2, -0.15) is 0 Å². The van der Waals surface area contributed by atoms with Gasteiger partial charge in [0.2, 0.25) is 0 Å². The maximum Gasteiger partial charge on any atom is 0.312 e. The van der Waals surface area contributed by atoms with Gasteiger partial charge in [0.1, 0.15) is 0 Å². The minimum absolute atomic E-state index is 0.0636. The molecule has 0 radical (unpaired) electrons. The van der Waals surface area contributed by atoms with Crippen molar-refractivity contribution in [1.82, 2.24) is 10.2 Å². The van der Waals surface area contributed by atoms with E-state index < -0.39 is 11.8 Å². The zero-order valence-corrected chi connectivity index (χ0v) is 16.6. The van der Waals surface area contributed by atoms with Crippen LogP contribution in [0.2, 0.25) is 0 Å². The third kappa shape index (κ3) is 6.13. The Kier molecular flexibility index (Phi) is 7.91. The van der Waals surface area contributed by atoms with Crippen LogP contribution in [0.25, 0.3) is 0 Å². The zero-order chi connectivity index (χ0) is 19.8. The topological polar surface area (TPSA) is 77.1 Å². The van der Waals surface area contributed by atoms with Gasteiger partial charge in [0.25, 0.3) is 0 Å². The number of nitrogens with one attached hydrogen (secondary N) is 1. The van der Waals surface area contributed by atoms with Crippen molar-refractivity contribution in [2.45, 2.75) is 46.3 Å². The summed E-state index contributed by atoms with van der Waals surface area (Å²) in [6.45, 7) is 10.0. The first kappa shape index (κ1) is 21.0. The van der Waals surface area contributed by atoms with Gasteiger partial charge in [-0.25, -0.2) is 0 Å². The number of carbonyl (C=O) groups is 2. The van der Waals surface area contributed by atoms with Gasteiger partial charge in [0, 0.05) is 19.6 Å². The largest absolute Gasteiger partial charge is 0.490 e. The Morgan fingerprint density at radius 1 is 1.11 bits per heavy atom. The Hall–Kier alpha value is -2.28. The quantitative estimate of drug-likeness (QED) is 0.732. The molecule has 27 heavy (non-hydrogen) atoms. The molecule has 7 nitrogen and oxygen atoms in total. The third-order valence-electron chi connectivity index (χ3n) is 4.21. The molecule has 0 aromatic heterocycles. The lowest BCUT2D eigenvalue weighted by molar-refractivity contribution is -0.153. The first-order chi connectivity index (χ1) is 12.9. The lowest BCUT2D eigenvalue weighted by Crippen LogP contribution is -2.52. The van der Waals surface area contributed by atoms with Crippen LogP contribution in [0.15, 0.2) is 18.2 Å². The van der Waals surface area contributed by atoms with E-state index in [0.29, 0.717) is 50.8 Å². The second kappa shape index (κ2) is 10.2. The molecule has 2 atom stereocenters. The van der Waals surface area contributed by atoms with E-state index in [0.717, 1.165) is 5.56 Å². The number of hydrogen-bond donors (Lipinski definition) is 1. The van der Waals surface area contributed by atoms with Crippen molar-refractivity contribution in [2.75, 3.05) is 32.8 Å². The molecule has 0 aliphatic carbocycles. The highest BCUT2D eigenvalue weighted by Crippen LogP contribution is 2.28. The van der Waals surface area contributed by atoms with Gasteiger partial charge >= 0.3 is 11.8 Å². The van der Waals surface area contributed by atoms with E-state index in [2.05, 4.69) is 5.32 Å². The summed E-state index contributed by atoms with van der Waals surface area (Å²) >= 11 is 0. The van der Waals surface area contributed by atoms with Crippen molar-refractivity contribution >= 4 is 11.8 Å². The highest BCUT2D eigenvalue weighted by atomic mass is 16.5. The van der Waals surface area contributed by atoms with E-state index in [1.165, 1.54) is 0 Å². The average molecular weight is 378 g/mol. The first-order valence-electron chi connectivity index (χ1n) is 9.55. The summed E-state index contributed by atoms with van der Waals surface area (Å²) in [6, 6.07) is 5.72. The molecule has 0 spiro atoms. The summed E-state index contributed by atoms with van der Waals surface area (Å²) in [5, 5.41) is 2.71. The van der Waals surface area contributed by atoms with Gasteiger partial charge < -0.3 is 24.4 Å². The number of hydrogen-bond acceptors (Lipinski definition) is 5. The van der Waals surface area contributed by atoms with Gasteiger partial charge in [0.15, 0.2) is 11.5 Å². The van der Waals surface area contributed by atoms with Crippen LogP contribution in [0.4, 0.5) is 0 Å². The molecule has 2 amide bonds. The molecule has 0 saturated carbocycles. The molecule has 1 aromatic rings. The van der Waals surface area contributed by atoms with Crippen LogP contribution in [0.3, 0.4) is 0 Å². The van der Waals surface area contributed by atoms with E-state index >= 15 is 0 Å².